The summed E-state index contributed by atoms with van der Waals surface area (Å²) < 4.78 is 0. The number of aliphatic carboxylic acids is 1. The zero-order valence-electron chi connectivity index (χ0n) is 10.9. The molecule has 1 aromatic carbocycles. The van der Waals surface area contributed by atoms with Crippen molar-refractivity contribution in [3.8, 4) is 0 Å². The van der Waals surface area contributed by atoms with Gasteiger partial charge in [-0.15, -0.1) is 0 Å². The molecule has 0 aliphatic carbocycles. The molecule has 3 N–H and O–H groups in total. The normalized spacial score (nSPS) is 17.6. The Hall–Kier alpha value is -2.37. The second-order valence-electron chi connectivity index (χ2n) is 4.76. The van der Waals surface area contributed by atoms with Crippen molar-refractivity contribution in [2.45, 2.75) is 19.4 Å². The lowest BCUT2D eigenvalue weighted by Gasteiger charge is -2.11. The number of benzene rings is 1. The highest BCUT2D eigenvalue weighted by Crippen LogP contribution is 2.12. The molecule has 1 aromatic rings. The molecule has 2 rings (SSSR count). The van der Waals surface area contributed by atoms with Crippen LogP contribution in [0.5, 0.6) is 0 Å². The fourth-order valence-corrected chi connectivity index (χ4v) is 2.18. The molecule has 2 amide bonds. The van der Waals surface area contributed by atoms with Gasteiger partial charge in [-0.1, -0.05) is 24.3 Å². The van der Waals surface area contributed by atoms with E-state index in [0.29, 0.717) is 12.1 Å². The van der Waals surface area contributed by atoms with Crippen LogP contribution in [0.1, 0.15) is 17.5 Å². The van der Waals surface area contributed by atoms with Gasteiger partial charge in [0.25, 0.3) is 0 Å². The van der Waals surface area contributed by atoms with Crippen LogP contribution in [0.2, 0.25) is 0 Å². The van der Waals surface area contributed by atoms with Gasteiger partial charge in [0.1, 0.15) is 0 Å². The average molecular weight is 276 g/mol. The maximum Gasteiger partial charge on any atom is 0.307 e. The Morgan fingerprint density at radius 1 is 1.30 bits per heavy atom. The topological polar surface area (TPSA) is 95.5 Å². The molecule has 1 fully saturated rings. The standard InChI is InChI=1S/C14H16N2O4/c17-12-5-11(8-15-12)14(20)16-7-10-4-2-1-3-9(10)6-13(18)19/h1-4,11H,5-8H2,(H,15,17)(H,16,20)(H,18,19). The summed E-state index contributed by atoms with van der Waals surface area (Å²) >= 11 is 0. The summed E-state index contributed by atoms with van der Waals surface area (Å²) in [6, 6.07) is 7.09. The summed E-state index contributed by atoms with van der Waals surface area (Å²) in [5.74, 6) is -1.55. The van der Waals surface area contributed by atoms with Gasteiger partial charge >= 0.3 is 5.97 Å². The number of carbonyl (C=O) groups is 3. The molecular formula is C14H16N2O4. The monoisotopic (exact) mass is 276 g/mol. The smallest absolute Gasteiger partial charge is 0.307 e. The molecule has 0 saturated carbocycles. The lowest BCUT2D eigenvalue weighted by molar-refractivity contribution is -0.136. The third-order valence-corrected chi connectivity index (χ3v) is 3.26. The molecule has 106 valence electrons. The van der Waals surface area contributed by atoms with Gasteiger partial charge in [0.15, 0.2) is 0 Å². The number of hydrogen-bond acceptors (Lipinski definition) is 3. The van der Waals surface area contributed by atoms with Crippen LogP contribution in [0.25, 0.3) is 0 Å². The van der Waals surface area contributed by atoms with Crippen LogP contribution in [0.3, 0.4) is 0 Å². The van der Waals surface area contributed by atoms with Crippen LogP contribution in [0.4, 0.5) is 0 Å². The summed E-state index contributed by atoms with van der Waals surface area (Å²) in [7, 11) is 0. The first-order valence-corrected chi connectivity index (χ1v) is 6.39. The number of carboxylic acid groups (broad SMARTS) is 1. The van der Waals surface area contributed by atoms with Crippen LogP contribution in [0.15, 0.2) is 24.3 Å². The number of carbonyl (C=O) groups excluding carboxylic acids is 2. The molecule has 1 heterocycles. The fraction of sp³-hybridized carbons (Fsp3) is 0.357. The lowest BCUT2D eigenvalue weighted by atomic mass is 10.0. The van der Waals surface area contributed by atoms with Crippen LogP contribution in [-0.2, 0) is 27.3 Å². The van der Waals surface area contributed by atoms with Crippen molar-refractivity contribution in [2.75, 3.05) is 6.54 Å². The molecule has 6 heteroatoms. The van der Waals surface area contributed by atoms with E-state index in [0.717, 1.165) is 5.56 Å². The summed E-state index contributed by atoms with van der Waals surface area (Å²) in [6.07, 6.45) is 0.137. The van der Waals surface area contributed by atoms with E-state index in [-0.39, 0.29) is 37.1 Å². The van der Waals surface area contributed by atoms with Crippen LogP contribution >= 0.6 is 0 Å². The Kier molecular flexibility index (Phi) is 4.34. The van der Waals surface area contributed by atoms with Gasteiger partial charge < -0.3 is 15.7 Å². The Bertz CT molecular complexity index is 542. The molecular weight excluding hydrogens is 260 g/mol. The van der Waals surface area contributed by atoms with E-state index in [4.69, 9.17) is 5.11 Å². The van der Waals surface area contributed by atoms with Crippen molar-refractivity contribution in [1.82, 2.24) is 10.6 Å². The van der Waals surface area contributed by atoms with E-state index in [9.17, 15) is 14.4 Å². The second-order valence-corrected chi connectivity index (χ2v) is 4.76. The zero-order chi connectivity index (χ0) is 14.5. The highest BCUT2D eigenvalue weighted by atomic mass is 16.4. The molecule has 0 bridgehead atoms. The van der Waals surface area contributed by atoms with Crippen molar-refractivity contribution in [3.05, 3.63) is 35.4 Å². The van der Waals surface area contributed by atoms with Crippen molar-refractivity contribution in [1.29, 1.82) is 0 Å². The van der Waals surface area contributed by atoms with Gasteiger partial charge in [-0.2, -0.15) is 0 Å². The minimum atomic E-state index is -0.908. The van der Waals surface area contributed by atoms with Gasteiger partial charge in [0, 0.05) is 19.5 Å². The van der Waals surface area contributed by atoms with Crippen LogP contribution in [-0.4, -0.2) is 29.4 Å². The Labute approximate surface area is 116 Å². The first-order valence-electron chi connectivity index (χ1n) is 6.39. The molecule has 1 saturated heterocycles. The van der Waals surface area contributed by atoms with E-state index < -0.39 is 5.97 Å². The van der Waals surface area contributed by atoms with Gasteiger partial charge in [-0.3, -0.25) is 14.4 Å². The maximum atomic E-state index is 11.9. The average Bonchev–Trinajstić information content (AvgIpc) is 2.83. The van der Waals surface area contributed by atoms with Gasteiger partial charge in [0.05, 0.1) is 12.3 Å². The van der Waals surface area contributed by atoms with Crippen molar-refractivity contribution >= 4 is 17.8 Å². The van der Waals surface area contributed by atoms with Gasteiger partial charge in [0.2, 0.25) is 11.8 Å². The van der Waals surface area contributed by atoms with Crippen molar-refractivity contribution in [3.63, 3.8) is 0 Å². The summed E-state index contributed by atoms with van der Waals surface area (Å²) in [5, 5.41) is 14.2. The minimum absolute atomic E-state index is 0.0739. The van der Waals surface area contributed by atoms with Crippen molar-refractivity contribution in [2.24, 2.45) is 5.92 Å². The Morgan fingerprint density at radius 3 is 2.60 bits per heavy atom. The lowest BCUT2D eigenvalue weighted by Crippen LogP contribution is -2.31. The number of carboxylic acids is 1. The number of nitrogens with one attached hydrogen (secondary N) is 2. The van der Waals surface area contributed by atoms with Gasteiger partial charge in [-0.05, 0) is 11.1 Å². The molecule has 6 nitrogen and oxygen atoms in total. The molecule has 1 unspecified atom stereocenters. The van der Waals surface area contributed by atoms with Gasteiger partial charge in [-0.25, -0.2) is 0 Å². The SMILES string of the molecule is O=C(O)Cc1ccccc1CNC(=O)C1CNC(=O)C1. The first-order chi connectivity index (χ1) is 9.56. The quantitative estimate of drug-likeness (QED) is 0.709. The first kappa shape index (κ1) is 14.0. The number of rotatable bonds is 5. The van der Waals surface area contributed by atoms with E-state index in [1.165, 1.54) is 0 Å². The summed E-state index contributed by atoms with van der Waals surface area (Å²) in [5.41, 5.74) is 1.46. The molecule has 0 spiro atoms. The third-order valence-electron chi connectivity index (χ3n) is 3.26. The molecule has 1 aliphatic heterocycles. The largest absolute Gasteiger partial charge is 0.481 e. The highest BCUT2D eigenvalue weighted by Gasteiger charge is 2.27. The summed E-state index contributed by atoms with van der Waals surface area (Å²) in [6.45, 7) is 0.633. The molecule has 1 atom stereocenters. The predicted molar refractivity (Wildman–Crippen MR) is 70.7 cm³/mol. The minimum Gasteiger partial charge on any atom is -0.481 e. The van der Waals surface area contributed by atoms with Crippen molar-refractivity contribution < 1.29 is 19.5 Å². The molecule has 1 aliphatic rings. The van der Waals surface area contributed by atoms with E-state index in [1.54, 1.807) is 24.3 Å². The summed E-state index contributed by atoms with van der Waals surface area (Å²) in [4.78, 5) is 33.7. The fourth-order valence-electron chi connectivity index (χ4n) is 2.18. The Balaban J connectivity index is 1.95. The maximum absolute atomic E-state index is 11.9. The molecule has 0 radical (unpaired) electrons. The zero-order valence-corrected chi connectivity index (χ0v) is 10.9. The highest BCUT2D eigenvalue weighted by molar-refractivity contribution is 5.89. The second kappa shape index (κ2) is 6.18. The Morgan fingerprint density at radius 2 is 2.00 bits per heavy atom. The molecule has 0 aromatic heterocycles. The number of amides is 2. The van der Waals surface area contributed by atoms with E-state index >= 15 is 0 Å². The number of hydrogen-bond donors (Lipinski definition) is 3. The van der Waals surface area contributed by atoms with Crippen LogP contribution < -0.4 is 10.6 Å². The molecule has 20 heavy (non-hydrogen) atoms. The van der Waals surface area contributed by atoms with E-state index in [1.807, 2.05) is 0 Å². The predicted octanol–water partition coefficient (Wildman–Crippen LogP) is 0.0660. The van der Waals surface area contributed by atoms with E-state index in [2.05, 4.69) is 10.6 Å². The van der Waals surface area contributed by atoms with Crippen LogP contribution in [0, 0.1) is 5.92 Å². The third kappa shape index (κ3) is 3.57.